The lowest BCUT2D eigenvalue weighted by molar-refractivity contribution is 1.51. The van der Waals surface area contributed by atoms with E-state index in [0.29, 0.717) is 0 Å². The van der Waals surface area contributed by atoms with Gasteiger partial charge in [0.1, 0.15) is 0 Å². The van der Waals surface area contributed by atoms with Crippen LogP contribution in [0.3, 0.4) is 0 Å². The van der Waals surface area contributed by atoms with Crippen molar-refractivity contribution in [2.75, 3.05) is 0 Å². The monoisotopic (exact) mass is 640 g/mol. The Labute approximate surface area is 293 Å². The van der Waals surface area contributed by atoms with Crippen LogP contribution in [0.25, 0.3) is 130 Å². The Morgan fingerprint density at radius 2 is 0.863 bits per heavy atom. The average Bonchev–Trinajstić information content (AvgIpc) is 3.80. The molecule has 0 heterocycles. The molecule has 0 spiro atoms. The Hall–Kier alpha value is -6.50. The molecule has 12 aromatic rings. The molecule has 0 aliphatic heterocycles. The highest BCUT2D eigenvalue weighted by Crippen LogP contribution is 2.51. The van der Waals surface area contributed by atoms with Crippen LogP contribution in [0.15, 0.2) is 152 Å². The van der Waals surface area contributed by atoms with Gasteiger partial charge in [0, 0.05) is 0 Å². The molecule has 0 fully saturated rings. The number of aryl methyl sites for hydroxylation is 1. The first-order valence-electron chi connectivity index (χ1n) is 18.0. The minimum absolute atomic E-state index is 1.27. The van der Waals surface area contributed by atoms with Crippen LogP contribution in [0.2, 0.25) is 0 Å². The Morgan fingerprint density at radius 3 is 1.73 bits per heavy atom. The Bertz CT molecular complexity index is 3520. The fourth-order valence-electron chi connectivity index (χ4n) is 10.2. The zero-order chi connectivity index (χ0) is 33.1. The van der Waals surface area contributed by atoms with Crippen LogP contribution in [0.1, 0.15) is 5.56 Å². The van der Waals surface area contributed by atoms with Crippen molar-refractivity contribution in [3.8, 4) is 33.4 Å². The molecule has 1 aliphatic rings. The maximum Gasteiger partial charge on any atom is -0.00199 e. The van der Waals surface area contributed by atoms with Gasteiger partial charge < -0.3 is 0 Å². The summed E-state index contributed by atoms with van der Waals surface area (Å²) in [6.45, 7) is 2.24. The van der Waals surface area contributed by atoms with Crippen LogP contribution < -0.4 is 0 Å². The summed E-state index contributed by atoms with van der Waals surface area (Å²) in [6, 6.07) is 57.9. The lowest BCUT2D eigenvalue weighted by Crippen LogP contribution is -1.85. The van der Waals surface area contributed by atoms with Crippen molar-refractivity contribution in [1.29, 1.82) is 0 Å². The van der Waals surface area contributed by atoms with Gasteiger partial charge in [-0.05, 0) is 167 Å². The first kappa shape index (κ1) is 26.4. The molecule has 0 N–H and O–H groups in total. The summed E-state index contributed by atoms with van der Waals surface area (Å²) in [4.78, 5) is 0. The Morgan fingerprint density at radius 1 is 0.275 bits per heavy atom. The maximum atomic E-state index is 2.49. The van der Waals surface area contributed by atoms with Gasteiger partial charge in [-0.25, -0.2) is 0 Å². The van der Waals surface area contributed by atoms with Gasteiger partial charge in [0.2, 0.25) is 0 Å². The predicted molar refractivity (Wildman–Crippen MR) is 221 cm³/mol. The highest BCUT2D eigenvalue weighted by atomic mass is 14.3. The molecule has 12 aromatic carbocycles. The van der Waals surface area contributed by atoms with E-state index in [9.17, 15) is 0 Å². The normalized spacial score (nSPS) is 12.8. The maximum absolute atomic E-state index is 2.49. The lowest BCUT2D eigenvalue weighted by Gasteiger charge is -2.11. The third kappa shape index (κ3) is 3.14. The Kier molecular flexibility index (Phi) is 4.65. The van der Waals surface area contributed by atoms with E-state index in [4.69, 9.17) is 0 Å². The second-order valence-electron chi connectivity index (χ2n) is 14.8. The summed E-state index contributed by atoms with van der Waals surface area (Å²) in [5.41, 5.74) is 9.36. The number of hydrogen-bond donors (Lipinski definition) is 0. The molecule has 0 nitrogen and oxygen atoms in total. The molecule has 0 saturated carbocycles. The SMILES string of the molecule is Cc1ccc2cccc3c2c1-c1ccc(-c2ccc4c5cc6ccc7c(cc8c9ccccc9c9cccc7c98)c6cc5c5cccc2c45)cc1-3. The largest absolute Gasteiger partial charge is 0.0616 e. The van der Waals surface area contributed by atoms with Crippen molar-refractivity contribution in [2.24, 2.45) is 0 Å². The summed E-state index contributed by atoms with van der Waals surface area (Å²) in [5.74, 6) is 0. The smallest absolute Gasteiger partial charge is 0.00199 e. The molecule has 51 heavy (non-hydrogen) atoms. The van der Waals surface area contributed by atoms with E-state index < -0.39 is 0 Å². The van der Waals surface area contributed by atoms with Crippen molar-refractivity contribution in [2.45, 2.75) is 6.92 Å². The molecular weight excluding hydrogens is 613 g/mol. The third-order valence-corrected chi connectivity index (χ3v) is 12.4. The van der Waals surface area contributed by atoms with E-state index in [2.05, 4.69) is 159 Å². The van der Waals surface area contributed by atoms with Crippen LogP contribution in [-0.2, 0) is 0 Å². The molecule has 232 valence electrons. The van der Waals surface area contributed by atoms with Gasteiger partial charge >= 0.3 is 0 Å². The van der Waals surface area contributed by atoms with Gasteiger partial charge in [0.25, 0.3) is 0 Å². The van der Waals surface area contributed by atoms with Crippen molar-refractivity contribution >= 4 is 97.0 Å². The van der Waals surface area contributed by atoms with E-state index in [-0.39, 0.29) is 0 Å². The molecule has 0 bridgehead atoms. The van der Waals surface area contributed by atoms with Crippen LogP contribution in [0, 0.1) is 6.92 Å². The molecule has 0 amide bonds. The minimum Gasteiger partial charge on any atom is -0.0616 e. The molecule has 0 heteroatoms. The third-order valence-electron chi connectivity index (χ3n) is 12.4. The van der Waals surface area contributed by atoms with Gasteiger partial charge in [-0.15, -0.1) is 0 Å². The molecular formula is C51H28. The van der Waals surface area contributed by atoms with E-state index >= 15 is 0 Å². The summed E-state index contributed by atoms with van der Waals surface area (Å²) in [7, 11) is 0. The number of benzene rings is 10. The fourth-order valence-corrected chi connectivity index (χ4v) is 10.2. The van der Waals surface area contributed by atoms with Crippen LogP contribution >= 0.6 is 0 Å². The van der Waals surface area contributed by atoms with Crippen LogP contribution in [-0.4, -0.2) is 0 Å². The van der Waals surface area contributed by atoms with E-state index in [0.717, 1.165) is 0 Å². The fraction of sp³-hybridized carbons (Fsp3) is 0.0196. The predicted octanol–water partition coefficient (Wildman–Crippen LogP) is 14.6. The number of fused-ring (bicyclic) bond motifs is 13. The van der Waals surface area contributed by atoms with Crippen molar-refractivity contribution < 1.29 is 0 Å². The minimum atomic E-state index is 1.27. The second-order valence-corrected chi connectivity index (χ2v) is 14.8. The first-order valence-corrected chi connectivity index (χ1v) is 18.0. The van der Waals surface area contributed by atoms with Gasteiger partial charge in [-0.2, -0.15) is 0 Å². The highest BCUT2D eigenvalue weighted by molar-refractivity contribution is 6.38. The van der Waals surface area contributed by atoms with Crippen molar-refractivity contribution in [3.63, 3.8) is 0 Å². The Balaban J connectivity index is 1.07. The molecule has 0 saturated heterocycles. The number of rotatable bonds is 1. The van der Waals surface area contributed by atoms with Gasteiger partial charge in [0.05, 0.1) is 0 Å². The van der Waals surface area contributed by atoms with Crippen LogP contribution in [0.4, 0.5) is 0 Å². The van der Waals surface area contributed by atoms with E-state index in [1.54, 1.807) is 0 Å². The van der Waals surface area contributed by atoms with Gasteiger partial charge in [-0.1, -0.05) is 127 Å². The quantitative estimate of drug-likeness (QED) is 0.157. The molecule has 0 aromatic heterocycles. The lowest BCUT2D eigenvalue weighted by atomic mass is 9.92. The molecule has 0 atom stereocenters. The first-order chi connectivity index (χ1) is 25.2. The molecule has 0 radical (unpaired) electrons. The second kappa shape index (κ2) is 8.99. The highest BCUT2D eigenvalue weighted by Gasteiger charge is 2.24. The summed E-state index contributed by atoms with van der Waals surface area (Å²) < 4.78 is 0. The van der Waals surface area contributed by atoms with Gasteiger partial charge in [-0.3, -0.25) is 0 Å². The van der Waals surface area contributed by atoms with E-state index in [1.807, 2.05) is 0 Å². The summed E-state index contributed by atoms with van der Waals surface area (Å²) in [6.07, 6.45) is 0. The van der Waals surface area contributed by atoms with Crippen LogP contribution in [0.5, 0.6) is 0 Å². The number of hydrogen-bond acceptors (Lipinski definition) is 0. The molecule has 1 aliphatic carbocycles. The van der Waals surface area contributed by atoms with Gasteiger partial charge in [0.15, 0.2) is 0 Å². The summed E-state index contributed by atoms with van der Waals surface area (Å²) >= 11 is 0. The van der Waals surface area contributed by atoms with E-state index in [1.165, 1.54) is 136 Å². The standard InChI is InChI=1S/C51H28/c1-27-15-16-28-7-4-10-38-43-23-29(18-20-40(43)48(27)49(28)38)31-21-22-41-44-24-30-17-19-34-37-13-6-12-36-32-8-2-3-9-33(32)47(51(36)37)26-45(34)42(30)25-46(44)39-14-5-11-35(31)50(39)41/h2-26H,1H3. The molecule has 13 rings (SSSR count). The topological polar surface area (TPSA) is 0 Å². The van der Waals surface area contributed by atoms with Crippen molar-refractivity contribution in [3.05, 3.63) is 157 Å². The van der Waals surface area contributed by atoms with Crippen molar-refractivity contribution in [1.82, 2.24) is 0 Å². The zero-order valence-corrected chi connectivity index (χ0v) is 27.9. The average molecular weight is 641 g/mol. The molecule has 0 unspecified atom stereocenters. The zero-order valence-electron chi connectivity index (χ0n) is 27.9. The summed E-state index contributed by atoms with van der Waals surface area (Å²) in [5, 5.41) is 24.2.